The van der Waals surface area contributed by atoms with Crippen LogP contribution in [-0.4, -0.2) is 26.1 Å². The largest absolute Gasteiger partial charge is 0.367 e. The summed E-state index contributed by atoms with van der Waals surface area (Å²) in [6.45, 7) is 4.36. The molecule has 1 rings (SSSR count). The lowest BCUT2D eigenvalue weighted by atomic mass is 10.1. The molecule has 0 atom stereocenters. The summed E-state index contributed by atoms with van der Waals surface area (Å²) in [5, 5.41) is 3.77. The summed E-state index contributed by atoms with van der Waals surface area (Å²) in [5.74, 6) is 0. The number of halogens is 3. The SMILES string of the molecule is CC(C)NCc1cccc(Cl)c1N(C)CC(F)F. The molecule has 0 saturated heterocycles. The van der Waals surface area contributed by atoms with Crippen molar-refractivity contribution in [3.8, 4) is 0 Å². The summed E-state index contributed by atoms with van der Waals surface area (Å²) in [7, 11) is 1.63. The molecule has 0 unspecified atom stereocenters. The van der Waals surface area contributed by atoms with Crippen LogP contribution in [0.2, 0.25) is 5.02 Å². The van der Waals surface area contributed by atoms with Crippen LogP contribution in [0.1, 0.15) is 19.4 Å². The molecule has 0 spiro atoms. The molecule has 0 radical (unpaired) electrons. The normalized spacial score (nSPS) is 11.3. The van der Waals surface area contributed by atoms with Crippen molar-refractivity contribution < 1.29 is 8.78 Å². The number of anilines is 1. The van der Waals surface area contributed by atoms with Gasteiger partial charge in [0.15, 0.2) is 0 Å². The van der Waals surface area contributed by atoms with E-state index in [2.05, 4.69) is 5.32 Å². The minimum absolute atomic E-state index is 0.321. The third-order valence-electron chi connectivity index (χ3n) is 2.56. The molecular weight excluding hydrogens is 258 g/mol. The Kier molecular flexibility index (Phi) is 5.82. The van der Waals surface area contributed by atoms with E-state index in [0.717, 1.165) is 5.56 Å². The zero-order valence-electron chi connectivity index (χ0n) is 10.9. The van der Waals surface area contributed by atoms with Crippen molar-refractivity contribution in [2.24, 2.45) is 0 Å². The zero-order valence-corrected chi connectivity index (χ0v) is 11.6. The molecule has 0 aliphatic carbocycles. The fraction of sp³-hybridized carbons (Fsp3) is 0.538. The Morgan fingerprint density at radius 1 is 1.33 bits per heavy atom. The number of hydrogen-bond donors (Lipinski definition) is 1. The lowest BCUT2D eigenvalue weighted by Gasteiger charge is -2.24. The number of alkyl halides is 2. The molecule has 5 heteroatoms. The van der Waals surface area contributed by atoms with Crippen LogP contribution in [0, 0.1) is 0 Å². The highest BCUT2D eigenvalue weighted by Crippen LogP contribution is 2.29. The first kappa shape index (κ1) is 15.2. The Bertz CT molecular complexity index is 383. The number of rotatable bonds is 6. The second-order valence-electron chi connectivity index (χ2n) is 4.55. The van der Waals surface area contributed by atoms with Crippen LogP contribution in [0.4, 0.5) is 14.5 Å². The molecule has 0 fully saturated rings. The van der Waals surface area contributed by atoms with Crippen LogP contribution in [-0.2, 0) is 6.54 Å². The van der Waals surface area contributed by atoms with Gasteiger partial charge in [0.05, 0.1) is 17.3 Å². The molecule has 18 heavy (non-hydrogen) atoms. The summed E-state index contributed by atoms with van der Waals surface area (Å²) in [4.78, 5) is 1.50. The Balaban J connectivity index is 2.92. The van der Waals surface area contributed by atoms with E-state index < -0.39 is 6.43 Å². The van der Waals surface area contributed by atoms with Crippen LogP contribution in [0.5, 0.6) is 0 Å². The Hall–Kier alpha value is -0.870. The van der Waals surface area contributed by atoms with E-state index in [1.165, 1.54) is 4.90 Å². The van der Waals surface area contributed by atoms with Gasteiger partial charge in [0.2, 0.25) is 0 Å². The number of benzene rings is 1. The molecule has 1 N–H and O–H groups in total. The van der Waals surface area contributed by atoms with Crippen molar-refractivity contribution >= 4 is 17.3 Å². The molecular formula is C13H19ClF2N2. The van der Waals surface area contributed by atoms with Crippen molar-refractivity contribution in [3.05, 3.63) is 28.8 Å². The van der Waals surface area contributed by atoms with E-state index in [4.69, 9.17) is 11.6 Å². The van der Waals surface area contributed by atoms with E-state index >= 15 is 0 Å². The first-order chi connectivity index (χ1) is 8.41. The number of para-hydroxylation sites is 1. The van der Waals surface area contributed by atoms with Crippen LogP contribution < -0.4 is 10.2 Å². The summed E-state index contributed by atoms with van der Waals surface area (Å²) in [6.07, 6.45) is -2.38. The van der Waals surface area contributed by atoms with Crippen molar-refractivity contribution in [2.45, 2.75) is 32.9 Å². The molecule has 0 saturated carbocycles. The molecule has 0 aromatic heterocycles. The van der Waals surface area contributed by atoms with Gasteiger partial charge in [-0.3, -0.25) is 0 Å². The van der Waals surface area contributed by atoms with Gasteiger partial charge in [-0.1, -0.05) is 37.6 Å². The average molecular weight is 277 g/mol. The molecule has 102 valence electrons. The van der Waals surface area contributed by atoms with Crippen molar-refractivity contribution in [3.63, 3.8) is 0 Å². The quantitative estimate of drug-likeness (QED) is 0.855. The Morgan fingerprint density at radius 2 is 2.00 bits per heavy atom. The van der Waals surface area contributed by atoms with Gasteiger partial charge in [0.25, 0.3) is 6.43 Å². The van der Waals surface area contributed by atoms with E-state index in [-0.39, 0.29) is 6.54 Å². The van der Waals surface area contributed by atoms with Crippen LogP contribution in [0.3, 0.4) is 0 Å². The Morgan fingerprint density at radius 3 is 2.56 bits per heavy atom. The molecule has 1 aromatic carbocycles. The average Bonchev–Trinajstić information content (AvgIpc) is 2.24. The lowest BCUT2D eigenvalue weighted by Crippen LogP contribution is -2.28. The van der Waals surface area contributed by atoms with Gasteiger partial charge in [-0.2, -0.15) is 0 Å². The maximum Gasteiger partial charge on any atom is 0.255 e. The summed E-state index contributed by atoms with van der Waals surface area (Å²) in [5.41, 5.74) is 1.60. The third-order valence-corrected chi connectivity index (χ3v) is 2.87. The highest BCUT2D eigenvalue weighted by Gasteiger charge is 2.15. The van der Waals surface area contributed by atoms with E-state index in [0.29, 0.717) is 23.3 Å². The summed E-state index contributed by atoms with van der Waals surface area (Å²) >= 11 is 6.11. The maximum absolute atomic E-state index is 12.4. The van der Waals surface area contributed by atoms with Gasteiger partial charge in [-0.05, 0) is 11.6 Å². The van der Waals surface area contributed by atoms with Gasteiger partial charge >= 0.3 is 0 Å². The molecule has 2 nitrogen and oxygen atoms in total. The van der Waals surface area contributed by atoms with Crippen molar-refractivity contribution in [1.82, 2.24) is 5.32 Å². The second kappa shape index (κ2) is 6.90. The number of nitrogens with zero attached hydrogens (tertiary/aromatic N) is 1. The maximum atomic E-state index is 12.4. The van der Waals surface area contributed by atoms with Crippen molar-refractivity contribution in [2.75, 3.05) is 18.5 Å². The van der Waals surface area contributed by atoms with Gasteiger partial charge in [0, 0.05) is 19.6 Å². The van der Waals surface area contributed by atoms with E-state index in [1.807, 2.05) is 26.0 Å². The summed E-state index contributed by atoms with van der Waals surface area (Å²) in [6, 6.07) is 5.78. The molecule has 1 aromatic rings. The highest BCUT2D eigenvalue weighted by atomic mass is 35.5. The topological polar surface area (TPSA) is 15.3 Å². The zero-order chi connectivity index (χ0) is 13.7. The monoisotopic (exact) mass is 276 g/mol. The first-order valence-corrected chi connectivity index (χ1v) is 6.29. The van der Waals surface area contributed by atoms with Crippen LogP contribution >= 0.6 is 11.6 Å². The third kappa shape index (κ3) is 4.42. The highest BCUT2D eigenvalue weighted by molar-refractivity contribution is 6.33. The molecule has 0 aliphatic heterocycles. The fourth-order valence-corrected chi connectivity index (χ4v) is 2.08. The van der Waals surface area contributed by atoms with E-state index in [9.17, 15) is 8.78 Å². The van der Waals surface area contributed by atoms with Gasteiger partial charge in [-0.25, -0.2) is 8.78 Å². The Labute approximate surface area is 112 Å². The number of nitrogens with one attached hydrogen (secondary N) is 1. The standard InChI is InChI=1S/C13H19ClF2N2/c1-9(2)17-7-10-5-4-6-11(14)13(10)18(3)8-12(15)16/h4-6,9,12,17H,7-8H2,1-3H3. The van der Waals surface area contributed by atoms with E-state index in [1.54, 1.807) is 13.1 Å². The van der Waals surface area contributed by atoms with Gasteiger partial charge in [-0.15, -0.1) is 0 Å². The molecule has 0 aliphatic rings. The second-order valence-corrected chi connectivity index (χ2v) is 4.96. The van der Waals surface area contributed by atoms with Crippen molar-refractivity contribution in [1.29, 1.82) is 0 Å². The van der Waals surface area contributed by atoms with Gasteiger partial charge in [0.1, 0.15) is 0 Å². The smallest absolute Gasteiger partial charge is 0.255 e. The predicted octanol–water partition coefficient (Wildman–Crippen LogP) is 3.54. The summed E-state index contributed by atoms with van der Waals surface area (Å²) < 4.78 is 24.9. The lowest BCUT2D eigenvalue weighted by molar-refractivity contribution is 0.156. The van der Waals surface area contributed by atoms with Crippen LogP contribution in [0.25, 0.3) is 0 Å². The predicted molar refractivity (Wildman–Crippen MR) is 72.7 cm³/mol. The fourth-order valence-electron chi connectivity index (χ4n) is 1.74. The number of hydrogen-bond acceptors (Lipinski definition) is 2. The molecule has 0 amide bonds. The first-order valence-electron chi connectivity index (χ1n) is 5.92. The molecule has 0 bridgehead atoms. The minimum atomic E-state index is -2.38. The van der Waals surface area contributed by atoms with Gasteiger partial charge < -0.3 is 10.2 Å². The molecule has 0 heterocycles. The minimum Gasteiger partial charge on any atom is -0.367 e. The van der Waals surface area contributed by atoms with Crippen LogP contribution in [0.15, 0.2) is 18.2 Å².